The number of nitrogens with one attached hydrogen (secondary N) is 1. The van der Waals surface area contributed by atoms with Gasteiger partial charge in [0, 0.05) is 49.9 Å². The Morgan fingerprint density at radius 1 is 1.35 bits per heavy atom. The third kappa shape index (κ3) is 4.57. The number of furan rings is 1. The van der Waals surface area contributed by atoms with Crippen molar-refractivity contribution in [2.24, 2.45) is 12.0 Å². The van der Waals surface area contributed by atoms with E-state index < -0.39 is 0 Å². The van der Waals surface area contributed by atoms with Gasteiger partial charge < -0.3 is 14.6 Å². The molecule has 6 nitrogen and oxygen atoms in total. The second kappa shape index (κ2) is 9.07. The van der Waals surface area contributed by atoms with E-state index in [4.69, 9.17) is 9.41 Å². The van der Waals surface area contributed by atoms with Gasteiger partial charge in [0.25, 0.3) is 0 Å². The van der Waals surface area contributed by atoms with E-state index in [1.165, 1.54) is 0 Å². The van der Waals surface area contributed by atoms with Gasteiger partial charge in [-0.25, -0.2) is 4.99 Å². The fraction of sp³-hybridized carbons (Fsp3) is 0.368. The van der Waals surface area contributed by atoms with E-state index in [0.717, 1.165) is 46.9 Å². The first-order valence-electron chi connectivity index (χ1n) is 8.52. The van der Waals surface area contributed by atoms with Crippen molar-refractivity contribution in [2.45, 2.75) is 26.9 Å². The van der Waals surface area contributed by atoms with Gasteiger partial charge in [0.15, 0.2) is 5.96 Å². The lowest BCUT2D eigenvalue weighted by Crippen LogP contribution is -2.38. The third-order valence-electron chi connectivity index (χ3n) is 4.19. The first-order valence-corrected chi connectivity index (χ1v) is 8.52. The van der Waals surface area contributed by atoms with Gasteiger partial charge in [-0.05, 0) is 19.9 Å². The van der Waals surface area contributed by atoms with Crippen molar-refractivity contribution in [2.75, 3.05) is 13.6 Å². The summed E-state index contributed by atoms with van der Waals surface area (Å²) in [7, 11) is 3.95. The summed E-state index contributed by atoms with van der Waals surface area (Å²) in [5.41, 5.74) is 3.22. The summed E-state index contributed by atoms with van der Waals surface area (Å²) < 4.78 is 7.77. The van der Waals surface area contributed by atoms with Crippen LogP contribution in [0.25, 0.3) is 11.0 Å². The molecule has 0 bridgehead atoms. The van der Waals surface area contributed by atoms with Crippen LogP contribution in [-0.2, 0) is 20.1 Å². The van der Waals surface area contributed by atoms with Gasteiger partial charge in [0.2, 0.25) is 0 Å². The van der Waals surface area contributed by atoms with Crippen molar-refractivity contribution in [3.05, 3.63) is 53.5 Å². The Bertz CT molecular complexity index is 883. The molecule has 0 atom stereocenters. The molecule has 0 amide bonds. The maximum atomic E-state index is 5.96. The van der Waals surface area contributed by atoms with Crippen LogP contribution in [-0.4, -0.2) is 34.2 Å². The number of rotatable bonds is 5. The molecule has 0 saturated carbocycles. The SMILES string of the molecule is CCNC(=NCc1oc2ccccc2c1C)N(C)Cc1cnn(C)c1.I. The number of aromatic nitrogens is 2. The van der Waals surface area contributed by atoms with Crippen LogP contribution in [0, 0.1) is 6.92 Å². The molecule has 0 unspecified atom stereocenters. The summed E-state index contributed by atoms with van der Waals surface area (Å²) in [4.78, 5) is 6.85. The van der Waals surface area contributed by atoms with Gasteiger partial charge in [-0.3, -0.25) is 4.68 Å². The summed E-state index contributed by atoms with van der Waals surface area (Å²) in [6.45, 7) is 6.23. The highest BCUT2D eigenvalue weighted by molar-refractivity contribution is 14.0. The van der Waals surface area contributed by atoms with Crippen molar-refractivity contribution in [3.63, 3.8) is 0 Å². The predicted molar refractivity (Wildman–Crippen MR) is 116 cm³/mol. The van der Waals surface area contributed by atoms with Gasteiger partial charge in [0.05, 0.1) is 6.20 Å². The molecular formula is C19H26IN5O. The Morgan fingerprint density at radius 3 is 2.77 bits per heavy atom. The Labute approximate surface area is 171 Å². The summed E-state index contributed by atoms with van der Waals surface area (Å²) in [6.07, 6.45) is 3.90. The van der Waals surface area contributed by atoms with Crippen LogP contribution in [0.15, 0.2) is 46.1 Å². The monoisotopic (exact) mass is 467 g/mol. The lowest BCUT2D eigenvalue weighted by molar-refractivity contribution is 0.472. The number of para-hydroxylation sites is 1. The lowest BCUT2D eigenvalue weighted by Gasteiger charge is -2.21. The molecule has 2 aromatic heterocycles. The molecule has 140 valence electrons. The molecule has 0 fully saturated rings. The maximum Gasteiger partial charge on any atom is 0.194 e. The van der Waals surface area contributed by atoms with Gasteiger partial charge >= 0.3 is 0 Å². The van der Waals surface area contributed by atoms with E-state index in [0.29, 0.717) is 6.54 Å². The number of hydrogen-bond acceptors (Lipinski definition) is 3. The van der Waals surface area contributed by atoms with E-state index in [1.54, 1.807) is 0 Å². The number of aliphatic imine (C=N–C) groups is 1. The fourth-order valence-corrected chi connectivity index (χ4v) is 2.89. The quantitative estimate of drug-likeness (QED) is 0.353. The Balaban J connectivity index is 0.00000243. The average molecular weight is 467 g/mol. The number of aryl methyl sites for hydroxylation is 2. The molecule has 1 aromatic carbocycles. The number of guanidine groups is 1. The molecule has 0 aliphatic rings. The molecule has 2 heterocycles. The second-order valence-electron chi connectivity index (χ2n) is 6.19. The molecule has 0 aliphatic heterocycles. The topological polar surface area (TPSA) is 58.6 Å². The van der Waals surface area contributed by atoms with E-state index >= 15 is 0 Å². The van der Waals surface area contributed by atoms with Crippen LogP contribution in [0.1, 0.15) is 23.8 Å². The molecule has 7 heteroatoms. The normalized spacial score (nSPS) is 11.5. The van der Waals surface area contributed by atoms with Gasteiger partial charge in [-0.2, -0.15) is 5.10 Å². The standard InChI is InChI=1S/C19H25N5O.HI/c1-5-20-19(23(3)12-15-10-22-24(4)13-15)21-11-18-14(2)16-8-6-7-9-17(16)25-18;/h6-10,13H,5,11-12H2,1-4H3,(H,20,21);1H. The minimum absolute atomic E-state index is 0. The summed E-state index contributed by atoms with van der Waals surface area (Å²) in [5.74, 6) is 1.76. The van der Waals surface area contributed by atoms with Crippen molar-refractivity contribution >= 4 is 40.9 Å². The molecule has 3 aromatic rings. The molecule has 3 rings (SSSR count). The van der Waals surface area contributed by atoms with E-state index in [9.17, 15) is 0 Å². The largest absolute Gasteiger partial charge is 0.459 e. The van der Waals surface area contributed by atoms with E-state index in [-0.39, 0.29) is 24.0 Å². The third-order valence-corrected chi connectivity index (χ3v) is 4.19. The van der Waals surface area contributed by atoms with Gasteiger partial charge in [0.1, 0.15) is 17.9 Å². The summed E-state index contributed by atoms with van der Waals surface area (Å²) >= 11 is 0. The van der Waals surface area contributed by atoms with Crippen LogP contribution < -0.4 is 5.32 Å². The van der Waals surface area contributed by atoms with Crippen LogP contribution in [0.4, 0.5) is 0 Å². The Kier molecular flexibility index (Phi) is 7.07. The molecule has 1 N–H and O–H groups in total. The molecule has 0 aliphatic carbocycles. The highest BCUT2D eigenvalue weighted by Crippen LogP contribution is 2.25. The molecule has 26 heavy (non-hydrogen) atoms. The minimum Gasteiger partial charge on any atom is -0.459 e. The van der Waals surface area contributed by atoms with E-state index in [1.807, 2.05) is 49.4 Å². The first kappa shape index (κ1) is 20.3. The first-order chi connectivity index (χ1) is 12.1. The predicted octanol–water partition coefficient (Wildman–Crippen LogP) is 3.69. The van der Waals surface area contributed by atoms with Gasteiger partial charge in [-0.15, -0.1) is 24.0 Å². The van der Waals surface area contributed by atoms with Crippen molar-refractivity contribution < 1.29 is 4.42 Å². The smallest absolute Gasteiger partial charge is 0.194 e. The van der Waals surface area contributed by atoms with Crippen molar-refractivity contribution in [1.29, 1.82) is 0 Å². The second-order valence-corrected chi connectivity index (χ2v) is 6.19. The molecular weight excluding hydrogens is 441 g/mol. The lowest BCUT2D eigenvalue weighted by atomic mass is 10.1. The van der Waals surface area contributed by atoms with Crippen LogP contribution >= 0.6 is 24.0 Å². The highest BCUT2D eigenvalue weighted by atomic mass is 127. The number of benzene rings is 1. The fourth-order valence-electron chi connectivity index (χ4n) is 2.89. The Morgan fingerprint density at radius 2 is 2.12 bits per heavy atom. The summed E-state index contributed by atoms with van der Waals surface area (Å²) in [5, 5.41) is 8.71. The number of fused-ring (bicyclic) bond motifs is 1. The zero-order valence-electron chi connectivity index (χ0n) is 15.7. The summed E-state index contributed by atoms with van der Waals surface area (Å²) in [6, 6.07) is 8.10. The number of hydrogen-bond donors (Lipinski definition) is 1. The zero-order valence-corrected chi connectivity index (χ0v) is 18.0. The van der Waals surface area contributed by atoms with Crippen LogP contribution in [0.3, 0.4) is 0 Å². The number of halogens is 1. The highest BCUT2D eigenvalue weighted by Gasteiger charge is 2.11. The zero-order chi connectivity index (χ0) is 17.8. The average Bonchev–Trinajstić information content (AvgIpc) is 3.15. The molecule has 0 saturated heterocycles. The van der Waals surface area contributed by atoms with Crippen molar-refractivity contribution in [3.8, 4) is 0 Å². The van der Waals surface area contributed by atoms with Gasteiger partial charge in [-0.1, -0.05) is 18.2 Å². The maximum absolute atomic E-state index is 5.96. The van der Waals surface area contributed by atoms with Crippen LogP contribution in [0.2, 0.25) is 0 Å². The van der Waals surface area contributed by atoms with E-state index in [2.05, 4.69) is 35.2 Å². The molecule has 0 spiro atoms. The van der Waals surface area contributed by atoms with Crippen LogP contribution in [0.5, 0.6) is 0 Å². The Hall–Kier alpha value is -2.03. The molecule has 0 radical (unpaired) electrons. The number of nitrogens with zero attached hydrogens (tertiary/aromatic N) is 4. The van der Waals surface area contributed by atoms with Crippen molar-refractivity contribution in [1.82, 2.24) is 20.0 Å². The minimum atomic E-state index is 0.